The van der Waals surface area contributed by atoms with Crippen LogP contribution < -0.4 is 0 Å². The molecular weight excluding hydrogens is 188 g/mol. The van der Waals surface area contributed by atoms with Crippen molar-refractivity contribution in [3.05, 3.63) is 24.0 Å². The molecule has 1 N–H and O–H groups in total. The molecule has 1 rings (SSSR count). The van der Waals surface area contributed by atoms with Crippen LogP contribution in [0.4, 0.5) is 0 Å². The SMILES string of the molecule is CCCCN(C)C(=O)CCc1ccc[nH]1. The molecule has 0 atom stereocenters. The van der Waals surface area contributed by atoms with Gasteiger partial charge >= 0.3 is 0 Å². The van der Waals surface area contributed by atoms with Crippen LogP contribution in [0, 0.1) is 0 Å². The van der Waals surface area contributed by atoms with E-state index in [0.717, 1.165) is 31.5 Å². The normalized spacial score (nSPS) is 10.3. The highest BCUT2D eigenvalue weighted by Gasteiger charge is 2.07. The molecule has 1 amide bonds. The van der Waals surface area contributed by atoms with Crippen LogP contribution in [-0.4, -0.2) is 29.4 Å². The van der Waals surface area contributed by atoms with E-state index >= 15 is 0 Å². The van der Waals surface area contributed by atoms with Gasteiger partial charge in [0.2, 0.25) is 5.91 Å². The fourth-order valence-electron chi connectivity index (χ4n) is 1.48. The van der Waals surface area contributed by atoms with Gasteiger partial charge in [0.1, 0.15) is 0 Å². The van der Waals surface area contributed by atoms with Crippen molar-refractivity contribution in [3.63, 3.8) is 0 Å². The fraction of sp³-hybridized carbons (Fsp3) is 0.583. The van der Waals surface area contributed by atoms with Crippen LogP contribution in [0.3, 0.4) is 0 Å². The number of rotatable bonds is 6. The summed E-state index contributed by atoms with van der Waals surface area (Å²) in [6.07, 6.45) is 5.52. The van der Waals surface area contributed by atoms with E-state index in [-0.39, 0.29) is 5.91 Å². The van der Waals surface area contributed by atoms with E-state index in [1.165, 1.54) is 0 Å². The smallest absolute Gasteiger partial charge is 0.222 e. The molecule has 0 bridgehead atoms. The molecular formula is C12H20N2O. The van der Waals surface area contributed by atoms with E-state index in [1.54, 1.807) is 0 Å². The van der Waals surface area contributed by atoms with Crippen molar-refractivity contribution >= 4 is 5.91 Å². The van der Waals surface area contributed by atoms with Crippen molar-refractivity contribution in [3.8, 4) is 0 Å². The van der Waals surface area contributed by atoms with E-state index in [1.807, 2.05) is 30.3 Å². The Morgan fingerprint density at radius 2 is 2.33 bits per heavy atom. The Labute approximate surface area is 91.5 Å². The predicted molar refractivity (Wildman–Crippen MR) is 61.7 cm³/mol. The van der Waals surface area contributed by atoms with E-state index in [4.69, 9.17) is 0 Å². The molecule has 0 aromatic carbocycles. The zero-order chi connectivity index (χ0) is 11.1. The highest BCUT2D eigenvalue weighted by Crippen LogP contribution is 2.02. The van der Waals surface area contributed by atoms with Crippen LogP contribution in [0.5, 0.6) is 0 Å². The summed E-state index contributed by atoms with van der Waals surface area (Å²) in [5.41, 5.74) is 1.13. The lowest BCUT2D eigenvalue weighted by Gasteiger charge is -2.16. The van der Waals surface area contributed by atoms with Gasteiger partial charge in [-0.05, 0) is 25.0 Å². The van der Waals surface area contributed by atoms with Gasteiger partial charge in [0.25, 0.3) is 0 Å². The number of hydrogen-bond acceptors (Lipinski definition) is 1. The molecule has 0 radical (unpaired) electrons. The third-order valence-corrected chi connectivity index (χ3v) is 2.54. The van der Waals surface area contributed by atoms with Crippen molar-refractivity contribution in [2.45, 2.75) is 32.6 Å². The number of hydrogen-bond donors (Lipinski definition) is 1. The molecule has 0 saturated heterocycles. The maximum absolute atomic E-state index is 11.7. The Morgan fingerprint density at radius 3 is 2.93 bits per heavy atom. The Kier molecular flexibility index (Phi) is 4.95. The standard InChI is InChI=1S/C12H20N2O/c1-3-4-10-14(2)12(15)8-7-11-6-5-9-13-11/h5-6,9,13H,3-4,7-8,10H2,1-2H3. The van der Waals surface area contributed by atoms with E-state index in [9.17, 15) is 4.79 Å². The van der Waals surface area contributed by atoms with Gasteiger partial charge in [0, 0.05) is 31.9 Å². The number of aromatic amines is 1. The van der Waals surface area contributed by atoms with Crippen molar-refractivity contribution in [2.75, 3.05) is 13.6 Å². The van der Waals surface area contributed by atoms with Crippen LogP contribution in [0.25, 0.3) is 0 Å². The van der Waals surface area contributed by atoms with Gasteiger partial charge in [-0.15, -0.1) is 0 Å². The summed E-state index contributed by atoms with van der Waals surface area (Å²) in [7, 11) is 1.88. The monoisotopic (exact) mass is 208 g/mol. The summed E-state index contributed by atoms with van der Waals surface area (Å²) in [5, 5.41) is 0. The molecule has 84 valence electrons. The average molecular weight is 208 g/mol. The molecule has 1 aromatic heterocycles. The van der Waals surface area contributed by atoms with Crippen molar-refractivity contribution in [2.24, 2.45) is 0 Å². The minimum Gasteiger partial charge on any atom is -0.365 e. The quantitative estimate of drug-likeness (QED) is 0.764. The lowest BCUT2D eigenvalue weighted by molar-refractivity contribution is -0.129. The van der Waals surface area contributed by atoms with Gasteiger partial charge in [0.15, 0.2) is 0 Å². The summed E-state index contributed by atoms with van der Waals surface area (Å²) in [6.45, 7) is 3.01. The van der Waals surface area contributed by atoms with Crippen LogP contribution in [0.2, 0.25) is 0 Å². The number of aromatic nitrogens is 1. The van der Waals surface area contributed by atoms with Gasteiger partial charge in [-0.1, -0.05) is 13.3 Å². The van der Waals surface area contributed by atoms with Gasteiger partial charge in [-0.2, -0.15) is 0 Å². The second kappa shape index (κ2) is 6.27. The number of nitrogens with zero attached hydrogens (tertiary/aromatic N) is 1. The zero-order valence-corrected chi connectivity index (χ0v) is 9.62. The number of unbranched alkanes of at least 4 members (excludes halogenated alkanes) is 1. The average Bonchev–Trinajstić information content (AvgIpc) is 2.75. The minimum atomic E-state index is 0.234. The lowest BCUT2D eigenvalue weighted by atomic mass is 10.2. The number of carbonyl (C=O) groups excluding carboxylic acids is 1. The first kappa shape index (κ1) is 11.8. The molecule has 0 saturated carbocycles. The highest BCUT2D eigenvalue weighted by molar-refractivity contribution is 5.76. The Bertz CT molecular complexity index is 280. The van der Waals surface area contributed by atoms with Crippen molar-refractivity contribution in [1.29, 1.82) is 0 Å². The second-order valence-corrected chi connectivity index (χ2v) is 3.86. The predicted octanol–water partition coefficient (Wildman–Crippen LogP) is 2.21. The maximum Gasteiger partial charge on any atom is 0.222 e. The Hall–Kier alpha value is -1.25. The first-order chi connectivity index (χ1) is 7.24. The summed E-state index contributed by atoms with van der Waals surface area (Å²) in [4.78, 5) is 16.6. The topological polar surface area (TPSA) is 36.1 Å². The molecule has 0 aliphatic heterocycles. The number of aryl methyl sites for hydroxylation is 1. The first-order valence-electron chi connectivity index (χ1n) is 5.60. The summed E-state index contributed by atoms with van der Waals surface area (Å²) >= 11 is 0. The lowest BCUT2D eigenvalue weighted by Crippen LogP contribution is -2.27. The summed E-state index contributed by atoms with van der Waals surface area (Å²) in [5.74, 6) is 0.234. The van der Waals surface area contributed by atoms with Crippen LogP contribution >= 0.6 is 0 Å². The molecule has 1 aromatic rings. The van der Waals surface area contributed by atoms with Crippen LogP contribution in [0.1, 0.15) is 31.9 Å². The second-order valence-electron chi connectivity index (χ2n) is 3.86. The summed E-state index contributed by atoms with van der Waals surface area (Å²) in [6, 6.07) is 3.97. The van der Waals surface area contributed by atoms with Gasteiger partial charge < -0.3 is 9.88 Å². The zero-order valence-electron chi connectivity index (χ0n) is 9.62. The fourth-order valence-corrected chi connectivity index (χ4v) is 1.48. The van der Waals surface area contributed by atoms with Crippen LogP contribution in [0.15, 0.2) is 18.3 Å². The van der Waals surface area contributed by atoms with Gasteiger partial charge in [-0.25, -0.2) is 0 Å². The number of nitrogens with one attached hydrogen (secondary N) is 1. The molecule has 1 heterocycles. The van der Waals surface area contributed by atoms with E-state index in [2.05, 4.69) is 11.9 Å². The van der Waals surface area contributed by atoms with Gasteiger partial charge in [-0.3, -0.25) is 4.79 Å². The number of H-pyrrole nitrogens is 1. The third kappa shape index (κ3) is 4.19. The third-order valence-electron chi connectivity index (χ3n) is 2.54. The molecule has 0 fully saturated rings. The Balaban J connectivity index is 2.23. The number of carbonyl (C=O) groups is 1. The molecule has 0 aliphatic carbocycles. The molecule has 3 nitrogen and oxygen atoms in total. The minimum absolute atomic E-state index is 0.234. The van der Waals surface area contributed by atoms with Crippen LogP contribution in [-0.2, 0) is 11.2 Å². The molecule has 0 unspecified atom stereocenters. The highest BCUT2D eigenvalue weighted by atomic mass is 16.2. The number of amides is 1. The molecule has 3 heteroatoms. The molecule has 0 aliphatic rings. The largest absolute Gasteiger partial charge is 0.365 e. The van der Waals surface area contributed by atoms with Gasteiger partial charge in [0.05, 0.1) is 0 Å². The Morgan fingerprint density at radius 1 is 1.53 bits per heavy atom. The first-order valence-corrected chi connectivity index (χ1v) is 5.60. The molecule has 15 heavy (non-hydrogen) atoms. The van der Waals surface area contributed by atoms with Crippen molar-refractivity contribution < 1.29 is 4.79 Å². The molecule has 0 spiro atoms. The summed E-state index contributed by atoms with van der Waals surface area (Å²) < 4.78 is 0. The van der Waals surface area contributed by atoms with E-state index in [0.29, 0.717) is 6.42 Å². The maximum atomic E-state index is 11.7. The van der Waals surface area contributed by atoms with E-state index < -0.39 is 0 Å². The van der Waals surface area contributed by atoms with Crippen molar-refractivity contribution in [1.82, 2.24) is 9.88 Å².